The van der Waals surface area contributed by atoms with E-state index in [1.165, 1.54) is 32.1 Å². The van der Waals surface area contributed by atoms with Gasteiger partial charge in [-0.3, -0.25) is 0 Å². The molecule has 1 heteroatoms. The summed E-state index contributed by atoms with van der Waals surface area (Å²) >= 11 is 0. The van der Waals surface area contributed by atoms with Crippen molar-refractivity contribution in [1.82, 2.24) is 0 Å². The summed E-state index contributed by atoms with van der Waals surface area (Å²) in [5, 5.41) is 9.98. The van der Waals surface area contributed by atoms with Crippen molar-refractivity contribution in [3.63, 3.8) is 0 Å². The Bertz CT molecular complexity index is 186. The van der Waals surface area contributed by atoms with E-state index >= 15 is 0 Å². The van der Waals surface area contributed by atoms with E-state index in [0.717, 1.165) is 18.3 Å². The summed E-state index contributed by atoms with van der Waals surface area (Å²) in [6.45, 7) is 4.53. The molecular weight excluding hydrogens is 160 g/mol. The maximum absolute atomic E-state index is 9.98. The predicted octanol–water partition coefficient (Wildman–Crippen LogP) is 2.97. The van der Waals surface area contributed by atoms with Crippen molar-refractivity contribution in [2.24, 2.45) is 17.3 Å². The number of aliphatic hydroxyl groups is 1. The van der Waals surface area contributed by atoms with Crippen molar-refractivity contribution in [2.75, 3.05) is 0 Å². The van der Waals surface area contributed by atoms with E-state index in [2.05, 4.69) is 13.8 Å². The second-order valence-corrected chi connectivity index (χ2v) is 5.57. The average Bonchev–Trinajstić information content (AvgIpc) is 2.13. The molecule has 2 aliphatic rings. The second kappa shape index (κ2) is 3.27. The van der Waals surface area contributed by atoms with Gasteiger partial charge in [-0.1, -0.05) is 33.1 Å². The Morgan fingerprint density at radius 1 is 1.00 bits per heavy atom. The number of hydrogen-bond donors (Lipinski definition) is 1. The van der Waals surface area contributed by atoms with Gasteiger partial charge in [-0.15, -0.1) is 0 Å². The Labute approximate surface area is 81.5 Å². The highest BCUT2D eigenvalue weighted by molar-refractivity contribution is 4.95. The third-order valence-corrected chi connectivity index (χ3v) is 4.53. The first-order valence-corrected chi connectivity index (χ1v) is 5.80. The summed E-state index contributed by atoms with van der Waals surface area (Å²) in [6, 6.07) is 0. The molecule has 0 saturated heterocycles. The van der Waals surface area contributed by atoms with Crippen LogP contribution in [-0.2, 0) is 0 Å². The summed E-state index contributed by atoms with van der Waals surface area (Å²) in [4.78, 5) is 0. The van der Waals surface area contributed by atoms with Crippen LogP contribution in [0.4, 0.5) is 0 Å². The van der Waals surface area contributed by atoms with Crippen LogP contribution in [-0.4, -0.2) is 11.2 Å². The molecule has 2 rings (SSSR count). The van der Waals surface area contributed by atoms with Crippen LogP contribution in [0, 0.1) is 17.3 Å². The highest BCUT2D eigenvalue weighted by Gasteiger charge is 2.44. The van der Waals surface area contributed by atoms with Gasteiger partial charge in [-0.05, 0) is 36.5 Å². The van der Waals surface area contributed by atoms with Crippen LogP contribution in [0.15, 0.2) is 0 Å². The number of aliphatic hydroxyl groups excluding tert-OH is 1. The van der Waals surface area contributed by atoms with Gasteiger partial charge in [-0.25, -0.2) is 0 Å². The van der Waals surface area contributed by atoms with E-state index in [9.17, 15) is 5.11 Å². The van der Waals surface area contributed by atoms with Gasteiger partial charge in [0.1, 0.15) is 0 Å². The number of fused-ring (bicyclic) bond motifs is 1. The van der Waals surface area contributed by atoms with Crippen LogP contribution in [0.5, 0.6) is 0 Å². The highest BCUT2D eigenvalue weighted by atomic mass is 16.3. The first-order chi connectivity index (χ1) is 6.12. The monoisotopic (exact) mass is 182 g/mol. The van der Waals surface area contributed by atoms with E-state index in [4.69, 9.17) is 0 Å². The zero-order chi connectivity index (χ0) is 9.47. The normalized spacial score (nSPS) is 44.1. The van der Waals surface area contributed by atoms with Crippen molar-refractivity contribution < 1.29 is 5.11 Å². The van der Waals surface area contributed by atoms with Crippen LogP contribution in [0.3, 0.4) is 0 Å². The molecule has 0 radical (unpaired) electrons. The van der Waals surface area contributed by atoms with Gasteiger partial charge in [0, 0.05) is 0 Å². The van der Waals surface area contributed by atoms with Gasteiger partial charge in [0.25, 0.3) is 0 Å². The third-order valence-electron chi connectivity index (χ3n) is 4.53. The van der Waals surface area contributed by atoms with Crippen LogP contribution in [0.1, 0.15) is 52.4 Å². The second-order valence-electron chi connectivity index (χ2n) is 5.57. The lowest BCUT2D eigenvalue weighted by Crippen LogP contribution is -2.45. The molecule has 0 aromatic heterocycles. The predicted molar refractivity (Wildman–Crippen MR) is 54.5 cm³/mol. The highest BCUT2D eigenvalue weighted by Crippen LogP contribution is 2.50. The lowest BCUT2D eigenvalue weighted by molar-refractivity contribution is -0.0714. The number of rotatable bonds is 0. The molecular formula is C12H22O. The molecule has 1 nitrogen and oxygen atoms in total. The molecule has 3 unspecified atom stereocenters. The topological polar surface area (TPSA) is 20.2 Å². The maximum atomic E-state index is 9.98. The zero-order valence-corrected chi connectivity index (χ0v) is 8.92. The summed E-state index contributed by atoms with van der Waals surface area (Å²) in [5.41, 5.74) is 0.184. The maximum Gasteiger partial charge on any atom is 0.0594 e. The Morgan fingerprint density at radius 3 is 2.46 bits per heavy atom. The van der Waals surface area contributed by atoms with Crippen LogP contribution in [0.2, 0.25) is 0 Å². The van der Waals surface area contributed by atoms with Gasteiger partial charge >= 0.3 is 0 Å². The Kier molecular flexibility index (Phi) is 2.39. The molecule has 0 heterocycles. The largest absolute Gasteiger partial charge is 0.393 e. The molecule has 0 aliphatic heterocycles. The van der Waals surface area contributed by atoms with Gasteiger partial charge in [0.2, 0.25) is 0 Å². The molecule has 2 saturated carbocycles. The van der Waals surface area contributed by atoms with Gasteiger partial charge < -0.3 is 5.11 Å². The third kappa shape index (κ3) is 1.52. The minimum atomic E-state index is -0.0492. The standard InChI is InChI=1S/C12H22O/c1-12(2)10-6-4-3-5-9(10)7-8-11(12)13/h9-11,13H,3-8H2,1-2H3. The van der Waals surface area contributed by atoms with Crippen LogP contribution >= 0.6 is 0 Å². The van der Waals surface area contributed by atoms with Gasteiger partial charge in [0.15, 0.2) is 0 Å². The first kappa shape index (κ1) is 9.51. The minimum Gasteiger partial charge on any atom is -0.393 e. The van der Waals surface area contributed by atoms with E-state index < -0.39 is 0 Å². The lowest BCUT2D eigenvalue weighted by atomic mass is 9.58. The van der Waals surface area contributed by atoms with Gasteiger partial charge in [-0.2, -0.15) is 0 Å². The smallest absolute Gasteiger partial charge is 0.0594 e. The van der Waals surface area contributed by atoms with E-state index in [1.54, 1.807) is 0 Å². The van der Waals surface area contributed by atoms with E-state index in [-0.39, 0.29) is 11.5 Å². The fourth-order valence-electron chi connectivity index (χ4n) is 3.52. The molecule has 0 bridgehead atoms. The average molecular weight is 182 g/mol. The molecule has 2 fully saturated rings. The van der Waals surface area contributed by atoms with Crippen molar-refractivity contribution in [3.8, 4) is 0 Å². The van der Waals surface area contributed by atoms with Crippen molar-refractivity contribution in [1.29, 1.82) is 0 Å². The zero-order valence-electron chi connectivity index (χ0n) is 8.92. The molecule has 76 valence electrons. The minimum absolute atomic E-state index is 0.0492. The van der Waals surface area contributed by atoms with Crippen molar-refractivity contribution in [3.05, 3.63) is 0 Å². The Morgan fingerprint density at radius 2 is 1.69 bits per heavy atom. The van der Waals surface area contributed by atoms with Gasteiger partial charge in [0.05, 0.1) is 6.10 Å². The molecule has 0 aromatic rings. The lowest BCUT2D eigenvalue weighted by Gasteiger charge is -2.49. The Hall–Kier alpha value is -0.0400. The van der Waals surface area contributed by atoms with Crippen molar-refractivity contribution >= 4 is 0 Å². The summed E-state index contributed by atoms with van der Waals surface area (Å²) < 4.78 is 0. The number of hydrogen-bond acceptors (Lipinski definition) is 1. The first-order valence-electron chi connectivity index (χ1n) is 5.80. The van der Waals surface area contributed by atoms with Crippen LogP contribution in [0.25, 0.3) is 0 Å². The molecule has 2 aliphatic carbocycles. The molecule has 3 atom stereocenters. The Balaban J connectivity index is 2.14. The summed E-state index contributed by atoms with van der Waals surface area (Å²) in [6.07, 6.45) is 7.84. The fraction of sp³-hybridized carbons (Fsp3) is 1.00. The molecule has 0 amide bonds. The quantitative estimate of drug-likeness (QED) is 0.610. The van der Waals surface area contributed by atoms with Crippen molar-refractivity contribution in [2.45, 2.75) is 58.5 Å². The molecule has 0 spiro atoms. The SMILES string of the molecule is CC1(C)C(O)CCC2CCCCC21. The van der Waals surface area contributed by atoms with E-state index in [0.29, 0.717) is 0 Å². The fourth-order valence-corrected chi connectivity index (χ4v) is 3.52. The molecule has 1 N–H and O–H groups in total. The van der Waals surface area contributed by atoms with Crippen LogP contribution < -0.4 is 0 Å². The molecule has 0 aromatic carbocycles. The molecule has 13 heavy (non-hydrogen) atoms. The van der Waals surface area contributed by atoms with E-state index in [1.807, 2.05) is 0 Å². The summed E-state index contributed by atoms with van der Waals surface area (Å²) in [5.74, 6) is 1.72. The summed E-state index contributed by atoms with van der Waals surface area (Å²) in [7, 11) is 0.